The molecule has 0 radical (unpaired) electrons. The Morgan fingerprint density at radius 2 is 0.645 bits per heavy atom. The van der Waals surface area contributed by atoms with E-state index in [1.165, 1.54) is 93.8 Å². The highest BCUT2D eigenvalue weighted by atomic mass is 19.3. The second-order valence-corrected chi connectivity index (χ2v) is 30.0. The van der Waals surface area contributed by atoms with Gasteiger partial charge in [-0.2, -0.15) is 56.9 Å². The number of methoxy groups -OCH3 is 1. The van der Waals surface area contributed by atoms with Crippen molar-refractivity contribution in [1.29, 1.82) is 0 Å². The molecule has 28 nitrogen and oxygen atoms in total. The lowest BCUT2D eigenvalue weighted by molar-refractivity contribution is -0.159. The molecule has 6 N–H and O–H groups in total. The molecule has 18 rings (SSSR count). The van der Waals surface area contributed by atoms with Gasteiger partial charge in [0.1, 0.15) is 28.8 Å². The highest BCUT2D eigenvalue weighted by Crippen LogP contribution is 2.32. The van der Waals surface area contributed by atoms with Gasteiger partial charge in [0.05, 0.1) is 111 Å². The Hall–Kier alpha value is -18.6. The number of carbonyl (C=O) groups is 6. The van der Waals surface area contributed by atoms with E-state index in [1.807, 2.05) is 80.0 Å². The van der Waals surface area contributed by atoms with Crippen molar-refractivity contribution in [3.8, 4) is 124 Å². The Balaban J connectivity index is 0.000000140. The third-order valence-electron chi connectivity index (χ3n) is 20.0. The van der Waals surface area contributed by atoms with Gasteiger partial charge >= 0.3 is 54.6 Å². The second kappa shape index (κ2) is 44.1. The van der Waals surface area contributed by atoms with Gasteiger partial charge in [-0.1, -0.05) is 115 Å². The predicted octanol–water partition coefficient (Wildman–Crippen LogP) is 22.5. The number of aromatic nitrogens is 12. The monoisotopic (exact) mass is 1870 g/mol. The van der Waals surface area contributed by atoms with Crippen LogP contribution in [-0.2, 0) is 0 Å². The number of alkyl halides is 6. The molecule has 0 saturated heterocycles. The van der Waals surface area contributed by atoms with Crippen LogP contribution in [0.25, 0.3) is 101 Å². The Morgan fingerprint density at radius 1 is 0.312 bits per heavy atom. The SMILES string of the molecule is CC(F)(F)Oc1ccc(-n2cc(-c3ccc(C(=O)O)cc3)cn2)cc1.CC(F)(F)Oc1ccc(-n2cc(-c3cccc(C(=O)O)c3)cn2)cc1.COc1cccc(-n2cc(-c3ccc(C(=O)O)cc3)cn2)c1.Cc1ccc(-c2ccn(-c3cccc(C(=O)O)c3)n2)cc1.O=C(O)c1cccc(-c2cnn(-c3cccc(OC(F)F)c3)c2)c1.O=C(O)c1cccc(-n2ccc(-c3ccccc3F)n2)c1. The molecule has 0 fully saturated rings. The van der Waals surface area contributed by atoms with Crippen LogP contribution in [0.1, 0.15) is 81.6 Å². The number of ether oxygens (including phenoxy) is 4. The number of carboxylic acid groups (broad SMARTS) is 6. The van der Waals surface area contributed by atoms with Crippen molar-refractivity contribution >= 4 is 35.8 Å². The highest BCUT2D eigenvalue weighted by Gasteiger charge is 2.25. The summed E-state index contributed by atoms with van der Waals surface area (Å²) in [6, 6.07) is 83.3. The van der Waals surface area contributed by atoms with Gasteiger partial charge in [-0.15, -0.1) is 0 Å². The number of rotatable bonds is 25. The van der Waals surface area contributed by atoms with Crippen molar-refractivity contribution in [2.24, 2.45) is 0 Å². The normalized spacial score (nSPS) is 10.8. The van der Waals surface area contributed by atoms with Crippen molar-refractivity contribution in [2.75, 3.05) is 7.11 Å². The number of halogens is 7. The zero-order valence-corrected chi connectivity index (χ0v) is 73.0. The first-order valence-electron chi connectivity index (χ1n) is 41.3. The first kappa shape index (κ1) is 97.0. The van der Waals surface area contributed by atoms with Crippen LogP contribution in [0.3, 0.4) is 0 Å². The van der Waals surface area contributed by atoms with Gasteiger partial charge in [-0.05, 0) is 211 Å². The Kier molecular flexibility index (Phi) is 31.0. The van der Waals surface area contributed by atoms with Crippen molar-refractivity contribution in [1.82, 2.24) is 58.7 Å². The van der Waals surface area contributed by atoms with Crippen LogP contribution in [0, 0.1) is 12.7 Å². The van der Waals surface area contributed by atoms with E-state index in [4.69, 9.17) is 35.4 Å². The predicted molar refractivity (Wildman–Crippen MR) is 496 cm³/mol. The molecule has 0 unspecified atom stereocenters. The lowest BCUT2D eigenvalue weighted by Crippen LogP contribution is -2.19. The standard InChI is InChI=1S/2C18H14F2N2O3.C17H12F2N2O3.C17H14N2O3.C17H14N2O2.C16H11FN2O2/c1-18(19,20)25-16-8-6-15(7-9-16)22-11-14(10-21-22)12-2-4-13(5-3-12)17(23)24;1-18(19,20)25-16-7-5-15(6-8-16)22-11-14(10-21-22)12-3-2-4-13(9-12)17(23)24;18-17(19)24-15-6-2-5-14(8-15)21-10-13(9-20-21)11-3-1-4-12(7-11)16(22)23;1-22-16-4-2-3-15(9-16)19-11-14(10-18-19)12-5-7-13(8-6-12)17(20)21;1-12-5-7-13(8-6-12)16-9-10-19(18-16)15-4-2-3-14(11-15)17(20)21;17-14-7-2-1-6-13(14)15-8-9-19(18-15)12-5-3-4-11(10-12)16(20)21/h2*2-11H,1H3,(H,23,24);1-10,17H,(H,22,23);2-11H,1H3,(H,20,21);2-11H,1H3,(H,20,21);1-10H,(H,20,21). The van der Waals surface area contributed by atoms with E-state index in [-0.39, 0.29) is 56.4 Å². The minimum absolute atomic E-state index is 0.0347. The molecule has 0 bridgehead atoms. The Morgan fingerprint density at radius 3 is 1.03 bits per heavy atom. The minimum Gasteiger partial charge on any atom is -0.497 e. The van der Waals surface area contributed by atoms with E-state index in [9.17, 15) is 59.5 Å². The maximum Gasteiger partial charge on any atom is 0.394 e. The summed E-state index contributed by atoms with van der Waals surface area (Å²) < 4.78 is 118. The second-order valence-electron chi connectivity index (χ2n) is 30.0. The molecule has 0 amide bonds. The summed E-state index contributed by atoms with van der Waals surface area (Å²) in [5, 5.41) is 79.8. The summed E-state index contributed by atoms with van der Waals surface area (Å²) in [6.07, 6.45) is 10.7. The van der Waals surface area contributed by atoms with E-state index in [0.29, 0.717) is 59.0 Å². The van der Waals surface area contributed by atoms with E-state index < -0.39 is 54.6 Å². The molecule has 12 aromatic carbocycles. The van der Waals surface area contributed by atoms with Gasteiger partial charge in [0.25, 0.3) is 0 Å². The van der Waals surface area contributed by atoms with Crippen LogP contribution in [0.5, 0.6) is 23.0 Å². The topological polar surface area (TPSA) is 368 Å². The smallest absolute Gasteiger partial charge is 0.394 e. The quantitative estimate of drug-likeness (QED) is 0.0289. The summed E-state index contributed by atoms with van der Waals surface area (Å²) in [5.74, 6) is -5.30. The zero-order chi connectivity index (χ0) is 98.3. The molecule has 696 valence electrons. The molecule has 35 heteroatoms. The molecule has 0 aliphatic heterocycles. The fourth-order valence-electron chi connectivity index (χ4n) is 13.2. The molecule has 6 aromatic heterocycles. The maximum absolute atomic E-state index is 13.7. The van der Waals surface area contributed by atoms with Crippen LogP contribution < -0.4 is 18.9 Å². The van der Waals surface area contributed by atoms with E-state index in [1.54, 1.807) is 239 Å². The summed E-state index contributed by atoms with van der Waals surface area (Å²) in [5.41, 5.74) is 15.7. The van der Waals surface area contributed by atoms with E-state index in [0.717, 1.165) is 61.8 Å². The highest BCUT2D eigenvalue weighted by molar-refractivity contribution is 5.92. The van der Waals surface area contributed by atoms with E-state index in [2.05, 4.69) is 44.8 Å². The Labute approximate surface area is 780 Å². The van der Waals surface area contributed by atoms with Gasteiger partial charge in [0.15, 0.2) is 0 Å². The summed E-state index contributed by atoms with van der Waals surface area (Å²) in [7, 11) is 1.62. The Bertz CT molecular complexity index is 7300. The molecule has 0 saturated carbocycles. The largest absolute Gasteiger partial charge is 0.497 e. The molecule has 138 heavy (non-hydrogen) atoms. The lowest BCUT2D eigenvalue weighted by atomic mass is 10.1. The summed E-state index contributed by atoms with van der Waals surface area (Å²) in [4.78, 5) is 65.8. The number of aromatic carboxylic acids is 6. The van der Waals surface area contributed by atoms with Crippen LogP contribution in [-0.4, -0.2) is 151 Å². The molecule has 18 aromatic rings. The molecule has 6 heterocycles. The first-order chi connectivity index (χ1) is 66.1. The number of hydrogen-bond acceptors (Lipinski definition) is 16. The van der Waals surface area contributed by atoms with Gasteiger partial charge < -0.3 is 49.6 Å². The van der Waals surface area contributed by atoms with Crippen molar-refractivity contribution in [3.05, 3.63) is 410 Å². The lowest BCUT2D eigenvalue weighted by Gasteiger charge is -2.13. The molecular formula is C103H79F7N12O16. The van der Waals surface area contributed by atoms with Gasteiger partial charge in [0, 0.05) is 96.5 Å². The minimum atomic E-state index is -3.24. The maximum atomic E-state index is 13.7. The van der Waals surface area contributed by atoms with E-state index >= 15 is 0 Å². The number of hydrogen-bond donors (Lipinski definition) is 6. The number of aryl methyl sites for hydroxylation is 1. The molecule has 0 aliphatic rings. The van der Waals surface area contributed by atoms with Crippen LogP contribution in [0.2, 0.25) is 0 Å². The average molecular weight is 1870 g/mol. The molecule has 0 aliphatic carbocycles. The fraction of sp³-hybridized carbons (Fsp3) is 0.0680. The van der Waals surface area contributed by atoms with Crippen molar-refractivity contribution < 1.29 is 109 Å². The third kappa shape index (κ3) is 26.6. The average Bonchev–Trinajstić information content (AvgIpc) is 1.70. The number of benzene rings is 12. The zero-order valence-electron chi connectivity index (χ0n) is 73.0. The van der Waals surface area contributed by atoms with Gasteiger partial charge in [-0.3, -0.25) is 0 Å². The van der Waals surface area contributed by atoms with Gasteiger partial charge in [-0.25, -0.2) is 61.2 Å². The summed E-state index contributed by atoms with van der Waals surface area (Å²) in [6.45, 7) is 0.495. The molecule has 0 atom stereocenters. The molecular weight excluding hydrogens is 1790 g/mol. The van der Waals surface area contributed by atoms with Crippen LogP contribution in [0.15, 0.2) is 365 Å². The van der Waals surface area contributed by atoms with Gasteiger partial charge in [0.2, 0.25) is 0 Å². The third-order valence-corrected chi connectivity index (χ3v) is 20.0. The van der Waals surface area contributed by atoms with Crippen LogP contribution in [0.4, 0.5) is 30.7 Å². The number of nitrogens with zero attached hydrogens (tertiary/aromatic N) is 12. The van der Waals surface area contributed by atoms with Crippen molar-refractivity contribution in [3.63, 3.8) is 0 Å². The van der Waals surface area contributed by atoms with Crippen molar-refractivity contribution in [2.45, 2.75) is 39.6 Å². The first-order valence-corrected chi connectivity index (χ1v) is 41.3. The number of carboxylic acids is 6. The molecule has 0 spiro atoms. The van der Waals surface area contributed by atoms with Crippen LogP contribution >= 0.6 is 0 Å². The summed E-state index contributed by atoms with van der Waals surface area (Å²) >= 11 is 0. The fourth-order valence-corrected chi connectivity index (χ4v) is 13.2.